The van der Waals surface area contributed by atoms with Gasteiger partial charge in [-0.05, 0) is 24.3 Å². The van der Waals surface area contributed by atoms with Crippen LogP contribution in [-0.2, 0) is 4.79 Å². The monoisotopic (exact) mass is 257 g/mol. The fourth-order valence-electron chi connectivity index (χ4n) is 2.04. The Morgan fingerprint density at radius 1 is 1.00 bits per heavy atom. The van der Waals surface area contributed by atoms with Crippen molar-refractivity contribution in [1.29, 1.82) is 0 Å². The molecule has 3 rings (SSSR count). The number of aliphatic hydroxyl groups excluding tert-OH is 1. The molecule has 0 spiro atoms. The van der Waals surface area contributed by atoms with Crippen LogP contribution in [0.3, 0.4) is 0 Å². The molecule has 1 heterocycles. The van der Waals surface area contributed by atoms with Crippen LogP contribution in [-0.4, -0.2) is 17.6 Å². The first-order valence-electron chi connectivity index (χ1n) is 5.61. The van der Waals surface area contributed by atoms with Crippen molar-refractivity contribution in [2.75, 3.05) is 11.5 Å². The van der Waals surface area contributed by atoms with Crippen LogP contribution in [0.15, 0.2) is 58.3 Å². The van der Waals surface area contributed by atoms with Gasteiger partial charge in [0.2, 0.25) is 0 Å². The molecule has 0 bridgehead atoms. The van der Waals surface area contributed by atoms with Crippen molar-refractivity contribution in [3.05, 3.63) is 48.5 Å². The average Bonchev–Trinajstić information content (AvgIpc) is 2.44. The van der Waals surface area contributed by atoms with Crippen LogP contribution < -0.4 is 4.90 Å². The molecule has 0 radical (unpaired) electrons. The van der Waals surface area contributed by atoms with Gasteiger partial charge in [0.1, 0.15) is 6.61 Å². The van der Waals surface area contributed by atoms with Crippen LogP contribution in [0.4, 0.5) is 11.4 Å². The number of fused-ring (bicyclic) bond motifs is 2. The Bertz CT molecular complexity index is 567. The first kappa shape index (κ1) is 11.3. The van der Waals surface area contributed by atoms with E-state index in [1.165, 1.54) is 0 Å². The highest BCUT2D eigenvalue weighted by Crippen LogP contribution is 2.47. The molecule has 2 aromatic carbocycles. The molecule has 2 aromatic rings. The number of para-hydroxylation sites is 2. The highest BCUT2D eigenvalue weighted by Gasteiger charge is 2.26. The summed E-state index contributed by atoms with van der Waals surface area (Å²) in [5.41, 5.74) is 1.67. The number of hydrogen-bond acceptors (Lipinski definition) is 3. The number of hydrogen-bond donors (Lipinski definition) is 1. The Morgan fingerprint density at radius 3 is 2.00 bits per heavy atom. The molecular weight excluding hydrogens is 246 g/mol. The summed E-state index contributed by atoms with van der Waals surface area (Å²) in [5, 5.41) is 9.14. The minimum atomic E-state index is -0.493. The van der Waals surface area contributed by atoms with Gasteiger partial charge in [0.25, 0.3) is 5.91 Å². The van der Waals surface area contributed by atoms with Crippen LogP contribution in [0.25, 0.3) is 0 Å². The van der Waals surface area contributed by atoms with Crippen molar-refractivity contribution >= 4 is 29.0 Å². The predicted molar refractivity (Wildman–Crippen MR) is 71.2 cm³/mol. The Balaban J connectivity index is 2.20. The third-order valence-corrected chi connectivity index (χ3v) is 3.95. The summed E-state index contributed by atoms with van der Waals surface area (Å²) in [4.78, 5) is 15.6. The lowest BCUT2D eigenvalue weighted by atomic mass is 10.2. The normalized spacial score (nSPS) is 12.8. The highest BCUT2D eigenvalue weighted by atomic mass is 32.2. The van der Waals surface area contributed by atoms with Gasteiger partial charge < -0.3 is 5.11 Å². The number of aliphatic hydroxyl groups is 1. The number of amides is 1. The van der Waals surface area contributed by atoms with E-state index < -0.39 is 6.61 Å². The average molecular weight is 257 g/mol. The number of carbonyl (C=O) groups excluding carboxylic acids is 1. The lowest BCUT2D eigenvalue weighted by Gasteiger charge is -2.30. The lowest BCUT2D eigenvalue weighted by Crippen LogP contribution is -2.30. The summed E-state index contributed by atoms with van der Waals surface area (Å²) in [6.07, 6.45) is 0. The molecule has 0 saturated heterocycles. The van der Waals surface area contributed by atoms with Gasteiger partial charge in [-0.25, -0.2) is 0 Å². The van der Waals surface area contributed by atoms with E-state index in [2.05, 4.69) is 0 Å². The van der Waals surface area contributed by atoms with Gasteiger partial charge in [-0.15, -0.1) is 0 Å². The third-order valence-electron chi connectivity index (χ3n) is 2.82. The predicted octanol–water partition coefficient (Wildman–Crippen LogP) is 2.81. The van der Waals surface area contributed by atoms with Crippen molar-refractivity contribution in [2.24, 2.45) is 0 Å². The van der Waals surface area contributed by atoms with E-state index in [1.807, 2.05) is 48.5 Å². The van der Waals surface area contributed by atoms with Crippen LogP contribution >= 0.6 is 11.8 Å². The zero-order valence-electron chi connectivity index (χ0n) is 9.54. The van der Waals surface area contributed by atoms with Crippen LogP contribution in [0, 0.1) is 0 Å². The molecule has 90 valence electrons. The van der Waals surface area contributed by atoms with Gasteiger partial charge in [-0.3, -0.25) is 9.69 Å². The SMILES string of the molecule is O=C(CO)N1c2ccccc2Sc2ccccc21. The molecular formula is C14H11NO2S. The fraction of sp³-hybridized carbons (Fsp3) is 0.0714. The minimum Gasteiger partial charge on any atom is -0.387 e. The van der Waals surface area contributed by atoms with E-state index in [-0.39, 0.29) is 5.91 Å². The van der Waals surface area contributed by atoms with Gasteiger partial charge in [0.05, 0.1) is 11.4 Å². The van der Waals surface area contributed by atoms with Crippen LogP contribution in [0.2, 0.25) is 0 Å². The van der Waals surface area contributed by atoms with Crippen LogP contribution in [0.5, 0.6) is 0 Å². The fourth-order valence-corrected chi connectivity index (χ4v) is 3.10. The zero-order valence-corrected chi connectivity index (χ0v) is 10.4. The molecule has 0 fully saturated rings. The lowest BCUT2D eigenvalue weighted by molar-refractivity contribution is -0.120. The topological polar surface area (TPSA) is 40.5 Å². The molecule has 4 heteroatoms. The molecule has 3 nitrogen and oxygen atoms in total. The molecule has 1 N–H and O–H groups in total. The smallest absolute Gasteiger partial charge is 0.257 e. The molecule has 0 atom stereocenters. The molecule has 1 aliphatic heterocycles. The number of nitrogens with zero attached hydrogens (tertiary/aromatic N) is 1. The van der Waals surface area contributed by atoms with E-state index in [1.54, 1.807) is 16.7 Å². The summed E-state index contributed by atoms with van der Waals surface area (Å²) in [5.74, 6) is -0.310. The zero-order chi connectivity index (χ0) is 12.5. The maximum atomic E-state index is 12.0. The van der Waals surface area contributed by atoms with Crippen molar-refractivity contribution in [1.82, 2.24) is 0 Å². The summed E-state index contributed by atoms with van der Waals surface area (Å²) in [6.45, 7) is -0.493. The Morgan fingerprint density at radius 2 is 1.50 bits per heavy atom. The number of benzene rings is 2. The van der Waals surface area contributed by atoms with Gasteiger partial charge in [0, 0.05) is 9.79 Å². The van der Waals surface area contributed by atoms with E-state index in [0.717, 1.165) is 21.2 Å². The van der Waals surface area contributed by atoms with E-state index in [4.69, 9.17) is 5.11 Å². The van der Waals surface area contributed by atoms with Gasteiger partial charge in [-0.2, -0.15) is 0 Å². The first-order valence-corrected chi connectivity index (χ1v) is 6.42. The second-order valence-corrected chi connectivity index (χ2v) is 5.01. The number of carbonyl (C=O) groups is 1. The van der Waals surface area contributed by atoms with E-state index in [0.29, 0.717) is 0 Å². The third kappa shape index (κ3) is 1.70. The minimum absolute atomic E-state index is 0.310. The van der Waals surface area contributed by atoms with E-state index in [9.17, 15) is 4.79 Å². The quantitative estimate of drug-likeness (QED) is 0.854. The second kappa shape index (κ2) is 4.48. The summed E-state index contributed by atoms with van der Waals surface area (Å²) in [6, 6.07) is 15.4. The van der Waals surface area contributed by atoms with Crippen molar-refractivity contribution in [3.8, 4) is 0 Å². The van der Waals surface area contributed by atoms with Crippen molar-refractivity contribution in [2.45, 2.75) is 9.79 Å². The standard InChI is InChI=1S/C14H11NO2S/c16-9-14(17)15-10-5-1-3-7-12(10)18-13-8-4-2-6-11(13)15/h1-8,16H,9H2. The van der Waals surface area contributed by atoms with Crippen LogP contribution in [0.1, 0.15) is 0 Å². The summed E-state index contributed by atoms with van der Waals surface area (Å²) < 4.78 is 0. The molecule has 1 amide bonds. The Labute approximate surface area is 109 Å². The Hall–Kier alpha value is -1.78. The molecule has 0 saturated carbocycles. The van der Waals surface area contributed by atoms with E-state index >= 15 is 0 Å². The molecule has 0 unspecified atom stereocenters. The molecule has 1 aliphatic rings. The first-order chi connectivity index (χ1) is 8.81. The summed E-state index contributed by atoms with van der Waals surface area (Å²) in [7, 11) is 0. The molecule has 18 heavy (non-hydrogen) atoms. The van der Waals surface area contributed by atoms with Gasteiger partial charge >= 0.3 is 0 Å². The highest BCUT2D eigenvalue weighted by molar-refractivity contribution is 7.99. The second-order valence-electron chi connectivity index (χ2n) is 3.92. The molecule has 0 aromatic heterocycles. The van der Waals surface area contributed by atoms with Crippen molar-refractivity contribution < 1.29 is 9.90 Å². The molecule has 0 aliphatic carbocycles. The summed E-state index contributed by atoms with van der Waals surface area (Å²) >= 11 is 1.64. The number of anilines is 2. The van der Waals surface area contributed by atoms with Gasteiger partial charge in [0.15, 0.2) is 0 Å². The number of rotatable bonds is 1. The van der Waals surface area contributed by atoms with Crippen molar-refractivity contribution in [3.63, 3.8) is 0 Å². The largest absolute Gasteiger partial charge is 0.387 e. The maximum absolute atomic E-state index is 12.0. The maximum Gasteiger partial charge on any atom is 0.257 e. The Kier molecular flexibility index (Phi) is 2.81. The van der Waals surface area contributed by atoms with Gasteiger partial charge in [-0.1, -0.05) is 36.0 Å².